The number of ether oxygens (including phenoxy) is 3. The van der Waals surface area contributed by atoms with E-state index in [0.717, 1.165) is 5.69 Å². The summed E-state index contributed by atoms with van der Waals surface area (Å²) in [4.78, 5) is 24.8. The van der Waals surface area contributed by atoms with Gasteiger partial charge in [-0.05, 0) is 48.5 Å². The van der Waals surface area contributed by atoms with E-state index in [9.17, 15) is 9.59 Å². The summed E-state index contributed by atoms with van der Waals surface area (Å²) < 4.78 is 17.4. The van der Waals surface area contributed by atoms with E-state index in [-0.39, 0.29) is 5.78 Å². The molecule has 0 N–H and O–H groups in total. The molecule has 0 unspecified atom stereocenters. The topological polar surface area (TPSA) is 66.8 Å². The van der Waals surface area contributed by atoms with Gasteiger partial charge in [-0.3, -0.25) is 4.79 Å². The van der Waals surface area contributed by atoms with Crippen LogP contribution < -0.4 is 9.47 Å². The van der Waals surface area contributed by atoms with Crippen molar-refractivity contribution in [1.82, 2.24) is 4.57 Å². The van der Waals surface area contributed by atoms with Gasteiger partial charge in [-0.15, -0.1) is 0 Å². The van der Waals surface area contributed by atoms with E-state index in [1.54, 1.807) is 36.4 Å². The minimum Gasteiger partial charge on any atom is -0.497 e. The summed E-state index contributed by atoms with van der Waals surface area (Å²) in [6.45, 7) is -0.393. The molecule has 3 aromatic rings. The standard InChI is InChI=1S/C21H19NO5/c1-25-17-8-9-20(26-2)18(13-17)19(23)14-27-21(24)15-6-5-7-16(12-15)22-10-3-4-11-22/h3-13H,14H2,1-2H3. The summed E-state index contributed by atoms with van der Waals surface area (Å²) in [5.41, 5.74) is 1.49. The second-order valence-electron chi connectivity index (χ2n) is 5.71. The minimum absolute atomic E-state index is 0.297. The predicted molar refractivity (Wildman–Crippen MR) is 99.9 cm³/mol. The molecule has 0 saturated carbocycles. The Kier molecular flexibility index (Phi) is 5.56. The molecular weight excluding hydrogens is 346 g/mol. The zero-order valence-electron chi connectivity index (χ0n) is 15.0. The lowest BCUT2D eigenvalue weighted by molar-refractivity contribution is 0.0474. The number of Topliss-reactive ketones (excluding diaryl/α,β-unsaturated/α-hetero) is 1. The van der Waals surface area contributed by atoms with Crippen molar-refractivity contribution >= 4 is 11.8 Å². The van der Waals surface area contributed by atoms with Crippen molar-refractivity contribution in [2.24, 2.45) is 0 Å². The summed E-state index contributed by atoms with van der Waals surface area (Å²) in [7, 11) is 2.98. The van der Waals surface area contributed by atoms with Crippen molar-refractivity contribution in [3.63, 3.8) is 0 Å². The first-order chi connectivity index (χ1) is 13.1. The number of esters is 1. The van der Waals surface area contributed by atoms with Crippen molar-refractivity contribution in [3.05, 3.63) is 78.1 Å². The molecule has 0 aliphatic carbocycles. The molecule has 1 aromatic heterocycles. The molecule has 0 saturated heterocycles. The van der Waals surface area contributed by atoms with Gasteiger partial charge in [0.2, 0.25) is 5.78 Å². The van der Waals surface area contributed by atoms with Crippen LogP contribution in [0.3, 0.4) is 0 Å². The van der Waals surface area contributed by atoms with Crippen LogP contribution in [0, 0.1) is 0 Å². The van der Waals surface area contributed by atoms with Gasteiger partial charge in [0.15, 0.2) is 6.61 Å². The van der Waals surface area contributed by atoms with Crippen molar-refractivity contribution in [2.75, 3.05) is 20.8 Å². The van der Waals surface area contributed by atoms with Crippen LogP contribution in [0.5, 0.6) is 11.5 Å². The summed E-state index contributed by atoms with van der Waals surface area (Å²) in [6.07, 6.45) is 3.76. The first-order valence-corrected chi connectivity index (χ1v) is 8.28. The molecule has 27 heavy (non-hydrogen) atoms. The summed E-state index contributed by atoms with van der Waals surface area (Å²) in [5.74, 6) is -0.0313. The molecule has 138 valence electrons. The smallest absolute Gasteiger partial charge is 0.338 e. The van der Waals surface area contributed by atoms with Crippen LogP contribution in [0.1, 0.15) is 20.7 Å². The molecule has 2 aromatic carbocycles. The SMILES string of the molecule is COc1ccc(OC)c(C(=O)COC(=O)c2cccc(-n3cccc3)c2)c1. The van der Waals surface area contributed by atoms with E-state index < -0.39 is 12.6 Å². The summed E-state index contributed by atoms with van der Waals surface area (Å²) in [5, 5.41) is 0. The number of aromatic nitrogens is 1. The van der Waals surface area contributed by atoms with E-state index in [0.29, 0.717) is 22.6 Å². The molecule has 0 bridgehead atoms. The number of nitrogens with zero attached hydrogens (tertiary/aromatic N) is 1. The van der Waals surface area contributed by atoms with E-state index >= 15 is 0 Å². The Morgan fingerprint density at radius 3 is 2.41 bits per heavy atom. The summed E-state index contributed by atoms with van der Waals surface area (Å²) >= 11 is 0. The Balaban J connectivity index is 1.71. The van der Waals surface area contributed by atoms with Crippen molar-refractivity contribution in [1.29, 1.82) is 0 Å². The minimum atomic E-state index is -0.570. The van der Waals surface area contributed by atoms with Crippen LogP contribution in [0.25, 0.3) is 5.69 Å². The quantitative estimate of drug-likeness (QED) is 0.473. The highest BCUT2D eigenvalue weighted by Gasteiger charge is 2.17. The van der Waals surface area contributed by atoms with Crippen molar-refractivity contribution in [2.45, 2.75) is 0 Å². The van der Waals surface area contributed by atoms with Crippen LogP contribution in [0.2, 0.25) is 0 Å². The zero-order chi connectivity index (χ0) is 19.2. The van der Waals surface area contributed by atoms with Gasteiger partial charge < -0.3 is 18.8 Å². The lowest BCUT2D eigenvalue weighted by Gasteiger charge is -2.10. The Labute approximate surface area is 156 Å². The number of ketones is 1. The lowest BCUT2D eigenvalue weighted by atomic mass is 10.1. The number of hydrogen-bond acceptors (Lipinski definition) is 5. The highest BCUT2D eigenvalue weighted by atomic mass is 16.5. The van der Waals surface area contributed by atoms with Gasteiger partial charge in [0, 0.05) is 18.1 Å². The van der Waals surface area contributed by atoms with E-state index in [1.807, 2.05) is 35.2 Å². The number of methoxy groups -OCH3 is 2. The molecule has 6 nitrogen and oxygen atoms in total. The average molecular weight is 365 g/mol. The summed E-state index contributed by atoms with van der Waals surface area (Å²) in [6, 6.07) is 15.7. The number of benzene rings is 2. The molecule has 0 spiro atoms. The van der Waals surface area contributed by atoms with Crippen molar-refractivity contribution < 1.29 is 23.8 Å². The van der Waals surface area contributed by atoms with Crippen LogP contribution in [-0.4, -0.2) is 37.1 Å². The maximum absolute atomic E-state index is 12.5. The molecule has 0 fully saturated rings. The van der Waals surface area contributed by atoms with E-state index in [4.69, 9.17) is 14.2 Å². The average Bonchev–Trinajstić information content (AvgIpc) is 3.26. The van der Waals surface area contributed by atoms with Crippen LogP contribution in [0.4, 0.5) is 0 Å². The van der Waals surface area contributed by atoms with Crippen LogP contribution in [0.15, 0.2) is 67.0 Å². The Bertz CT molecular complexity index is 947. The largest absolute Gasteiger partial charge is 0.497 e. The molecule has 0 atom stereocenters. The van der Waals surface area contributed by atoms with Gasteiger partial charge in [0.05, 0.1) is 25.3 Å². The van der Waals surface area contributed by atoms with Crippen molar-refractivity contribution in [3.8, 4) is 17.2 Å². The number of rotatable bonds is 7. The maximum atomic E-state index is 12.5. The third-order valence-corrected chi connectivity index (χ3v) is 4.03. The fraction of sp³-hybridized carbons (Fsp3) is 0.143. The van der Waals surface area contributed by atoms with Crippen LogP contribution >= 0.6 is 0 Å². The van der Waals surface area contributed by atoms with Gasteiger partial charge in [-0.25, -0.2) is 4.79 Å². The monoisotopic (exact) mass is 365 g/mol. The van der Waals surface area contributed by atoms with Gasteiger partial charge in [0.25, 0.3) is 0 Å². The van der Waals surface area contributed by atoms with E-state index in [2.05, 4.69) is 0 Å². The third-order valence-electron chi connectivity index (χ3n) is 4.03. The molecule has 0 aliphatic heterocycles. The number of carbonyl (C=O) groups is 2. The predicted octanol–water partition coefficient (Wildman–Crippen LogP) is 3.53. The molecule has 6 heteroatoms. The Hall–Kier alpha value is -3.54. The van der Waals surface area contributed by atoms with Gasteiger partial charge >= 0.3 is 5.97 Å². The first kappa shape index (κ1) is 18.3. The Morgan fingerprint density at radius 1 is 0.926 bits per heavy atom. The van der Waals surface area contributed by atoms with Gasteiger partial charge in [-0.2, -0.15) is 0 Å². The third kappa shape index (κ3) is 4.17. The highest BCUT2D eigenvalue weighted by molar-refractivity contribution is 6.01. The van der Waals surface area contributed by atoms with Gasteiger partial charge in [0.1, 0.15) is 11.5 Å². The normalized spacial score (nSPS) is 10.3. The first-order valence-electron chi connectivity index (χ1n) is 8.28. The second kappa shape index (κ2) is 8.23. The molecule has 0 amide bonds. The second-order valence-corrected chi connectivity index (χ2v) is 5.71. The van der Waals surface area contributed by atoms with Crippen LogP contribution in [-0.2, 0) is 4.74 Å². The molecule has 0 aliphatic rings. The van der Waals surface area contributed by atoms with Gasteiger partial charge in [-0.1, -0.05) is 6.07 Å². The molecule has 3 rings (SSSR count). The molecular formula is C21H19NO5. The fourth-order valence-corrected chi connectivity index (χ4v) is 2.62. The zero-order valence-corrected chi connectivity index (χ0v) is 15.0. The maximum Gasteiger partial charge on any atom is 0.338 e. The molecule has 0 radical (unpaired) electrons. The fourth-order valence-electron chi connectivity index (χ4n) is 2.62. The van der Waals surface area contributed by atoms with E-state index in [1.165, 1.54) is 14.2 Å². The number of carbonyl (C=O) groups excluding carboxylic acids is 2. The highest BCUT2D eigenvalue weighted by Crippen LogP contribution is 2.24. The lowest BCUT2D eigenvalue weighted by Crippen LogP contribution is -2.15. The Morgan fingerprint density at radius 2 is 1.70 bits per heavy atom. The number of hydrogen-bond donors (Lipinski definition) is 0. The molecule has 1 heterocycles.